The molecule has 0 aliphatic heterocycles. The van der Waals surface area contributed by atoms with Crippen LogP contribution in [0.2, 0.25) is 0 Å². The van der Waals surface area contributed by atoms with Crippen molar-refractivity contribution in [1.82, 2.24) is 15.3 Å². The van der Waals surface area contributed by atoms with Crippen LogP contribution >= 0.6 is 11.8 Å². The standard InChI is InChI=1S/C13H21N3O2S/c1-10(2)16-13(3,12(17)18-4)6-8-19-11-5-7-14-9-15-11/h5,7,9-10,16H,6,8H2,1-4H3. The highest BCUT2D eigenvalue weighted by atomic mass is 32.2. The van der Waals surface area contributed by atoms with Crippen LogP contribution in [-0.2, 0) is 9.53 Å². The molecule has 19 heavy (non-hydrogen) atoms. The van der Waals surface area contributed by atoms with Crippen molar-refractivity contribution in [2.45, 2.75) is 43.8 Å². The molecule has 0 amide bonds. The predicted octanol–water partition coefficient (Wildman–Crippen LogP) is 1.89. The molecular formula is C13H21N3O2S. The first-order valence-electron chi connectivity index (χ1n) is 6.23. The zero-order valence-corrected chi connectivity index (χ0v) is 12.7. The minimum absolute atomic E-state index is 0.216. The highest BCUT2D eigenvalue weighted by Crippen LogP contribution is 2.21. The van der Waals surface area contributed by atoms with E-state index in [-0.39, 0.29) is 12.0 Å². The van der Waals surface area contributed by atoms with Crippen molar-refractivity contribution >= 4 is 17.7 Å². The molecule has 106 valence electrons. The molecule has 1 unspecified atom stereocenters. The first kappa shape index (κ1) is 15.9. The molecule has 1 N–H and O–H groups in total. The number of nitrogens with one attached hydrogen (secondary N) is 1. The lowest BCUT2D eigenvalue weighted by Crippen LogP contribution is -2.53. The summed E-state index contributed by atoms with van der Waals surface area (Å²) >= 11 is 1.60. The second kappa shape index (κ2) is 7.45. The predicted molar refractivity (Wildman–Crippen MR) is 76.1 cm³/mol. The average molecular weight is 283 g/mol. The monoisotopic (exact) mass is 283 g/mol. The SMILES string of the molecule is COC(=O)C(C)(CCSc1ccncn1)NC(C)C. The van der Waals surface area contributed by atoms with Crippen molar-refractivity contribution in [2.24, 2.45) is 0 Å². The number of carbonyl (C=O) groups is 1. The highest BCUT2D eigenvalue weighted by Gasteiger charge is 2.34. The number of hydrogen-bond acceptors (Lipinski definition) is 6. The van der Waals surface area contributed by atoms with Crippen LogP contribution in [0.25, 0.3) is 0 Å². The Morgan fingerprint density at radius 1 is 1.58 bits per heavy atom. The molecule has 0 aliphatic carbocycles. The minimum atomic E-state index is -0.664. The molecule has 0 aromatic carbocycles. The molecule has 5 nitrogen and oxygen atoms in total. The number of aromatic nitrogens is 2. The summed E-state index contributed by atoms with van der Waals surface area (Å²) in [6.07, 6.45) is 3.90. The van der Waals surface area contributed by atoms with Crippen LogP contribution in [0, 0.1) is 0 Å². The number of esters is 1. The lowest BCUT2D eigenvalue weighted by Gasteiger charge is -2.30. The van der Waals surface area contributed by atoms with E-state index in [1.807, 2.05) is 26.8 Å². The largest absolute Gasteiger partial charge is 0.468 e. The van der Waals surface area contributed by atoms with Crippen LogP contribution in [0.1, 0.15) is 27.2 Å². The second-order valence-electron chi connectivity index (χ2n) is 4.77. The smallest absolute Gasteiger partial charge is 0.325 e. The Labute approximate surface area is 118 Å². The van der Waals surface area contributed by atoms with Gasteiger partial charge in [0.1, 0.15) is 11.9 Å². The van der Waals surface area contributed by atoms with Crippen LogP contribution in [0.3, 0.4) is 0 Å². The summed E-state index contributed by atoms with van der Waals surface area (Å²) in [6.45, 7) is 5.90. The van der Waals surface area contributed by atoms with E-state index >= 15 is 0 Å². The number of carbonyl (C=O) groups excluding carboxylic acids is 1. The molecule has 1 aromatic rings. The lowest BCUT2D eigenvalue weighted by molar-refractivity contribution is -0.148. The molecule has 0 radical (unpaired) electrons. The third kappa shape index (κ3) is 5.16. The quantitative estimate of drug-likeness (QED) is 0.468. The van der Waals surface area contributed by atoms with E-state index in [9.17, 15) is 4.79 Å². The van der Waals surface area contributed by atoms with Gasteiger partial charge in [-0.05, 0) is 33.3 Å². The van der Waals surface area contributed by atoms with Gasteiger partial charge in [-0.25, -0.2) is 9.97 Å². The topological polar surface area (TPSA) is 64.1 Å². The van der Waals surface area contributed by atoms with E-state index in [1.54, 1.807) is 18.0 Å². The summed E-state index contributed by atoms with van der Waals surface area (Å²) in [5, 5.41) is 4.18. The Hall–Kier alpha value is -1.14. The van der Waals surface area contributed by atoms with Gasteiger partial charge < -0.3 is 4.74 Å². The minimum Gasteiger partial charge on any atom is -0.468 e. The van der Waals surface area contributed by atoms with Gasteiger partial charge in [0.15, 0.2) is 0 Å². The maximum Gasteiger partial charge on any atom is 0.325 e. The van der Waals surface area contributed by atoms with Gasteiger partial charge in [-0.3, -0.25) is 10.1 Å². The van der Waals surface area contributed by atoms with Gasteiger partial charge in [0.25, 0.3) is 0 Å². The van der Waals surface area contributed by atoms with Crippen molar-refractivity contribution in [1.29, 1.82) is 0 Å². The van der Waals surface area contributed by atoms with Crippen LogP contribution in [0.15, 0.2) is 23.6 Å². The van der Waals surface area contributed by atoms with E-state index in [4.69, 9.17) is 4.74 Å². The Morgan fingerprint density at radius 2 is 2.32 bits per heavy atom. The number of nitrogens with zero attached hydrogens (tertiary/aromatic N) is 2. The summed E-state index contributed by atoms with van der Waals surface area (Å²) in [5.41, 5.74) is -0.664. The lowest BCUT2D eigenvalue weighted by atomic mass is 9.98. The fourth-order valence-corrected chi connectivity index (χ4v) is 2.82. The summed E-state index contributed by atoms with van der Waals surface area (Å²) < 4.78 is 4.88. The normalized spacial score (nSPS) is 14.2. The molecule has 1 aromatic heterocycles. The van der Waals surface area contributed by atoms with Crippen molar-refractivity contribution in [3.63, 3.8) is 0 Å². The van der Waals surface area contributed by atoms with Gasteiger partial charge in [0, 0.05) is 18.0 Å². The molecule has 0 fully saturated rings. The van der Waals surface area contributed by atoms with E-state index in [0.717, 1.165) is 10.8 Å². The summed E-state index contributed by atoms with van der Waals surface area (Å²) in [4.78, 5) is 19.9. The van der Waals surface area contributed by atoms with Crippen molar-refractivity contribution in [3.8, 4) is 0 Å². The van der Waals surface area contributed by atoms with Gasteiger partial charge in [0.2, 0.25) is 0 Å². The fourth-order valence-electron chi connectivity index (χ4n) is 1.82. The number of hydrogen-bond donors (Lipinski definition) is 1. The summed E-state index contributed by atoms with van der Waals surface area (Å²) in [6, 6.07) is 2.07. The molecule has 1 rings (SSSR count). The van der Waals surface area contributed by atoms with Gasteiger partial charge >= 0.3 is 5.97 Å². The molecule has 1 atom stereocenters. The van der Waals surface area contributed by atoms with E-state index < -0.39 is 5.54 Å². The first-order chi connectivity index (χ1) is 8.98. The molecule has 0 saturated heterocycles. The van der Waals surface area contributed by atoms with Crippen LogP contribution < -0.4 is 5.32 Å². The first-order valence-corrected chi connectivity index (χ1v) is 7.21. The number of rotatable bonds is 7. The molecule has 6 heteroatoms. The Bertz CT molecular complexity index is 400. The molecule has 1 heterocycles. The maximum absolute atomic E-state index is 11.9. The average Bonchev–Trinajstić information content (AvgIpc) is 2.38. The van der Waals surface area contributed by atoms with Crippen LogP contribution in [-0.4, -0.2) is 40.4 Å². The second-order valence-corrected chi connectivity index (χ2v) is 5.88. The number of thioether (sulfide) groups is 1. The van der Waals surface area contributed by atoms with Crippen molar-refractivity contribution in [2.75, 3.05) is 12.9 Å². The number of ether oxygens (including phenoxy) is 1. The Balaban J connectivity index is 2.56. The third-order valence-corrected chi connectivity index (χ3v) is 3.60. The van der Waals surface area contributed by atoms with Gasteiger partial charge in [-0.2, -0.15) is 0 Å². The maximum atomic E-state index is 11.9. The highest BCUT2D eigenvalue weighted by molar-refractivity contribution is 7.99. The number of methoxy groups -OCH3 is 1. The van der Waals surface area contributed by atoms with Crippen molar-refractivity contribution in [3.05, 3.63) is 18.6 Å². The molecule has 0 aliphatic rings. The zero-order valence-electron chi connectivity index (χ0n) is 11.8. The third-order valence-electron chi connectivity index (χ3n) is 2.65. The molecule has 0 saturated carbocycles. The molecule has 0 bridgehead atoms. The van der Waals surface area contributed by atoms with E-state index in [0.29, 0.717) is 6.42 Å². The van der Waals surface area contributed by atoms with E-state index in [2.05, 4.69) is 15.3 Å². The van der Waals surface area contributed by atoms with Crippen molar-refractivity contribution < 1.29 is 9.53 Å². The van der Waals surface area contributed by atoms with E-state index in [1.165, 1.54) is 13.4 Å². The Kier molecular flexibility index (Phi) is 6.24. The van der Waals surface area contributed by atoms with Gasteiger partial charge in [-0.15, -0.1) is 11.8 Å². The zero-order chi connectivity index (χ0) is 14.3. The van der Waals surface area contributed by atoms with Gasteiger partial charge in [0.05, 0.1) is 12.1 Å². The van der Waals surface area contributed by atoms with Gasteiger partial charge in [-0.1, -0.05) is 0 Å². The Morgan fingerprint density at radius 3 is 2.84 bits per heavy atom. The molecular weight excluding hydrogens is 262 g/mol. The van der Waals surface area contributed by atoms with Crippen LogP contribution in [0.4, 0.5) is 0 Å². The fraction of sp³-hybridized carbons (Fsp3) is 0.615. The summed E-state index contributed by atoms with van der Waals surface area (Å²) in [5.74, 6) is 0.548. The summed E-state index contributed by atoms with van der Waals surface area (Å²) in [7, 11) is 1.42. The molecule has 0 spiro atoms. The van der Waals surface area contributed by atoms with Crippen LogP contribution in [0.5, 0.6) is 0 Å².